The third kappa shape index (κ3) is 6.57. The van der Waals surface area contributed by atoms with Gasteiger partial charge in [0.2, 0.25) is 5.91 Å². The molecule has 0 bridgehead atoms. The highest BCUT2D eigenvalue weighted by Gasteiger charge is 2.36. The molecule has 1 saturated carbocycles. The predicted molar refractivity (Wildman–Crippen MR) is 180 cm³/mol. The fourth-order valence-electron chi connectivity index (χ4n) is 7.49. The molecule has 0 aromatic heterocycles. The Balaban J connectivity index is 1.24. The van der Waals surface area contributed by atoms with E-state index < -0.39 is 0 Å². The van der Waals surface area contributed by atoms with E-state index in [0.29, 0.717) is 22.9 Å². The number of nitrogens with zero attached hydrogens (tertiary/aromatic N) is 3. The van der Waals surface area contributed by atoms with Crippen LogP contribution in [-0.2, 0) is 11.2 Å². The zero-order valence-corrected chi connectivity index (χ0v) is 27.4. The van der Waals surface area contributed by atoms with E-state index in [2.05, 4.69) is 41.1 Å². The van der Waals surface area contributed by atoms with Gasteiger partial charge in [-0.15, -0.1) is 0 Å². The summed E-state index contributed by atoms with van der Waals surface area (Å²) in [7, 11) is 3.84. The fourth-order valence-corrected chi connectivity index (χ4v) is 7.61. The standard InChI is InChI=1S/C37H46ClN3O3/c1-25(2)44-35-23-33-28(21-34(35)43-4)22-36(42)41(37(33)27-9-11-29(38)12-10-27)32-17-15-30(16-18-32)39(3)24-26-7-13-31(14-8-26)40-19-5-6-20-40/h9-12,15-18,21,23,25-26,31,37H,5-8,13-14,19-20,22,24H2,1-4H3/t26-,31-,37-/m0/s1. The summed E-state index contributed by atoms with van der Waals surface area (Å²) in [5, 5.41) is 0.665. The van der Waals surface area contributed by atoms with Crippen molar-refractivity contribution in [3.05, 3.63) is 82.4 Å². The minimum Gasteiger partial charge on any atom is -0.493 e. The lowest BCUT2D eigenvalue weighted by molar-refractivity contribution is -0.118. The van der Waals surface area contributed by atoms with Crippen LogP contribution in [0.25, 0.3) is 0 Å². The second-order valence-corrected chi connectivity index (χ2v) is 13.5. The zero-order chi connectivity index (χ0) is 30.8. The van der Waals surface area contributed by atoms with Crippen molar-refractivity contribution in [2.24, 2.45) is 5.92 Å². The predicted octanol–water partition coefficient (Wildman–Crippen LogP) is 7.91. The lowest BCUT2D eigenvalue weighted by Gasteiger charge is -2.38. The van der Waals surface area contributed by atoms with Gasteiger partial charge < -0.3 is 24.2 Å². The minimum atomic E-state index is -0.321. The number of carbonyl (C=O) groups is 1. The van der Waals surface area contributed by atoms with E-state index in [-0.39, 0.29) is 18.1 Å². The van der Waals surface area contributed by atoms with Gasteiger partial charge in [-0.1, -0.05) is 23.7 Å². The first-order valence-corrected chi connectivity index (χ1v) is 16.7. The molecule has 0 radical (unpaired) electrons. The van der Waals surface area contributed by atoms with Gasteiger partial charge in [0.15, 0.2) is 11.5 Å². The van der Waals surface area contributed by atoms with Gasteiger partial charge in [0, 0.05) is 36.0 Å². The molecule has 3 aliphatic rings. The monoisotopic (exact) mass is 615 g/mol. The van der Waals surface area contributed by atoms with E-state index in [1.807, 2.05) is 55.1 Å². The molecule has 2 fully saturated rings. The molecule has 1 amide bonds. The van der Waals surface area contributed by atoms with Gasteiger partial charge >= 0.3 is 0 Å². The summed E-state index contributed by atoms with van der Waals surface area (Å²) in [6.07, 6.45) is 8.30. The Kier molecular flexibility index (Phi) is 9.39. The van der Waals surface area contributed by atoms with Crippen molar-refractivity contribution in [2.45, 2.75) is 77.0 Å². The average molecular weight is 616 g/mol. The number of rotatable bonds is 9. The second kappa shape index (κ2) is 13.4. The number of hydrogen-bond acceptors (Lipinski definition) is 5. The van der Waals surface area contributed by atoms with Crippen LogP contribution < -0.4 is 19.3 Å². The van der Waals surface area contributed by atoms with Crippen LogP contribution in [0.5, 0.6) is 11.5 Å². The quantitative estimate of drug-likeness (QED) is 0.245. The molecular weight excluding hydrogens is 570 g/mol. The largest absolute Gasteiger partial charge is 0.493 e. The molecule has 0 spiro atoms. The van der Waals surface area contributed by atoms with E-state index in [0.717, 1.165) is 40.9 Å². The van der Waals surface area contributed by atoms with Crippen LogP contribution in [0.2, 0.25) is 5.02 Å². The van der Waals surface area contributed by atoms with Gasteiger partial charge in [-0.2, -0.15) is 0 Å². The van der Waals surface area contributed by atoms with Gasteiger partial charge in [0.05, 0.1) is 25.7 Å². The molecule has 7 heteroatoms. The van der Waals surface area contributed by atoms with Crippen molar-refractivity contribution in [2.75, 3.05) is 43.6 Å². The Labute approximate surface area is 267 Å². The van der Waals surface area contributed by atoms with Crippen LogP contribution in [0.3, 0.4) is 0 Å². The second-order valence-electron chi connectivity index (χ2n) is 13.1. The first-order chi connectivity index (χ1) is 21.3. The van der Waals surface area contributed by atoms with Crippen molar-refractivity contribution in [1.82, 2.24) is 4.90 Å². The van der Waals surface area contributed by atoms with Crippen molar-refractivity contribution < 1.29 is 14.3 Å². The lowest BCUT2D eigenvalue weighted by atomic mass is 9.85. The Morgan fingerprint density at radius 3 is 2.25 bits per heavy atom. The maximum absolute atomic E-state index is 13.9. The van der Waals surface area contributed by atoms with Crippen LogP contribution in [0.15, 0.2) is 60.7 Å². The number of fused-ring (bicyclic) bond motifs is 1. The molecular formula is C37H46ClN3O3. The lowest BCUT2D eigenvalue weighted by Crippen LogP contribution is -2.41. The van der Waals surface area contributed by atoms with Crippen LogP contribution in [0.4, 0.5) is 11.4 Å². The fraction of sp³-hybridized carbons (Fsp3) is 0.486. The number of carbonyl (C=O) groups excluding carboxylic acids is 1. The molecule has 6 nitrogen and oxygen atoms in total. The first-order valence-electron chi connectivity index (χ1n) is 16.3. The highest BCUT2D eigenvalue weighted by molar-refractivity contribution is 6.30. The number of methoxy groups -OCH3 is 1. The first kappa shape index (κ1) is 30.8. The molecule has 1 aliphatic carbocycles. The molecule has 234 valence electrons. The molecule has 0 unspecified atom stereocenters. The maximum Gasteiger partial charge on any atom is 0.232 e. The number of hydrogen-bond donors (Lipinski definition) is 0. The number of ether oxygens (including phenoxy) is 2. The van der Waals surface area contributed by atoms with Crippen LogP contribution in [-0.4, -0.2) is 56.7 Å². The molecule has 44 heavy (non-hydrogen) atoms. The summed E-state index contributed by atoms with van der Waals surface area (Å²) < 4.78 is 11.8. The Morgan fingerprint density at radius 2 is 1.61 bits per heavy atom. The smallest absolute Gasteiger partial charge is 0.232 e. The van der Waals surface area contributed by atoms with Crippen molar-refractivity contribution in [3.63, 3.8) is 0 Å². The third-order valence-electron chi connectivity index (χ3n) is 9.71. The van der Waals surface area contributed by atoms with E-state index >= 15 is 0 Å². The molecule has 3 aromatic carbocycles. The Bertz CT molecular complexity index is 1430. The van der Waals surface area contributed by atoms with E-state index in [1.165, 1.54) is 57.3 Å². The molecule has 6 rings (SSSR count). The van der Waals surface area contributed by atoms with Crippen LogP contribution >= 0.6 is 11.6 Å². The average Bonchev–Trinajstić information content (AvgIpc) is 3.56. The van der Waals surface area contributed by atoms with Gasteiger partial charge in [0.25, 0.3) is 0 Å². The number of anilines is 2. The van der Waals surface area contributed by atoms with Gasteiger partial charge in [-0.05, 0) is 137 Å². The summed E-state index contributed by atoms with van der Waals surface area (Å²) in [5.41, 5.74) is 5.05. The number of benzene rings is 3. The van der Waals surface area contributed by atoms with Crippen molar-refractivity contribution in [3.8, 4) is 11.5 Å². The van der Waals surface area contributed by atoms with Crippen molar-refractivity contribution >= 4 is 28.9 Å². The van der Waals surface area contributed by atoms with E-state index in [9.17, 15) is 4.79 Å². The normalized spacial score (nSPS) is 22.3. The highest BCUT2D eigenvalue weighted by atomic mass is 35.5. The van der Waals surface area contributed by atoms with Gasteiger partial charge in [0.1, 0.15) is 0 Å². The molecule has 0 N–H and O–H groups in total. The van der Waals surface area contributed by atoms with Crippen molar-refractivity contribution in [1.29, 1.82) is 0 Å². The number of likely N-dealkylation sites (tertiary alicyclic amines) is 1. The molecule has 2 aliphatic heterocycles. The van der Waals surface area contributed by atoms with Gasteiger partial charge in [-0.25, -0.2) is 0 Å². The molecule has 1 atom stereocenters. The number of halogens is 1. The molecule has 1 saturated heterocycles. The summed E-state index contributed by atoms with van der Waals surface area (Å²) in [4.78, 5) is 20.9. The van der Waals surface area contributed by atoms with Gasteiger partial charge in [-0.3, -0.25) is 4.79 Å². The molecule has 3 aromatic rings. The summed E-state index contributed by atoms with van der Waals surface area (Å²) >= 11 is 6.28. The van der Waals surface area contributed by atoms with E-state index in [1.54, 1.807) is 7.11 Å². The summed E-state index contributed by atoms with van der Waals surface area (Å²) in [5.74, 6) is 2.10. The third-order valence-corrected chi connectivity index (χ3v) is 9.96. The minimum absolute atomic E-state index is 0.0121. The Morgan fingerprint density at radius 1 is 0.932 bits per heavy atom. The maximum atomic E-state index is 13.9. The topological polar surface area (TPSA) is 45.3 Å². The SMILES string of the molecule is COc1cc2c(cc1OC(C)C)[C@H](c1ccc(Cl)cc1)N(c1ccc(N(C)C[C@H]3CC[C@H](N4CCCC4)CC3)cc1)C(=O)C2. The van der Waals surface area contributed by atoms with Crippen LogP contribution in [0, 0.1) is 5.92 Å². The Hall–Kier alpha value is -3.22. The zero-order valence-electron chi connectivity index (χ0n) is 26.6. The summed E-state index contributed by atoms with van der Waals surface area (Å²) in [6, 6.07) is 20.8. The molecule has 2 heterocycles. The number of amides is 1. The van der Waals surface area contributed by atoms with E-state index in [4.69, 9.17) is 21.1 Å². The van der Waals surface area contributed by atoms with Crippen LogP contribution in [0.1, 0.15) is 75.1 Å². The highest BCUT2D eigenvalue weighted by Crippen LogP contribution is 2.44. The summed E-state index contributed by atoms with van der Waals surface area (Å²) in [6.45, 7) is 7.67.